The van der Waals surface area contributed by atoms with Gasteiger partial charge >= 0.3 is 16.2 Å². The summed E-state index contributed by atoms with van der Waals surface area (Å²) < 4.78 is 71.5. The average Bonchev–Trinajstić information content (AvgIpc) is 3.09. The van der Waals surface area contributed by atoms with Crippen LogP contribution in [0.4, 0.5) is 25.4 Å². The molecule has 0 bridgehead atoms. The molecule has 0 aliphatic carbocycles. The van der Waals surface area contributed by atoms with Crippen molar-refractivity contribution in [2.75, 3.05) is 5.32 Å². The molecule has 2 aromatic carbocycles. The SMILES string of the molecule is CCCc1cc(C(=O)Nc2nnc(-c3ccccc3)o2)ccc1S(F)(F)(F)(F)F. The molecule has 0 unspecified atom stereocenters. The van der Waals surface area contributed by atoms with E-state index >= 15 is 0 Å². The number of nitrogens with zero attached hydrogens (tertiary/aromatic N) is 2. The zero-order valence-corrected chi connectivity index (χ0v) is 15.9. The first-order valence-corrected chi connectivity index (χ1v) is 10.4. The molecule has 11 heteroatoms. The van der Waals surface area contributed by atoms with E-state index in [0.29, 0.717) is 11.6 Å². The zero-order chi connectivity index (χ0) is 21.3. The molecule has 1 N–H and O–H groups in total. The van der Waals surface area contributed by atoms with E-state index < -0.39 is 26.6 Å². The van der Waals surface area contributed by atoms with E-state index in [1.807, 2.05) is 0 Å². The molecule has 3 rings (SSSR count). The minimum Gasteiger partial charge on any atom is -0.403 e. The number of aryl methyl sites for hydroxylation is 1. The summed E-state index contributed by atoms with van der Waals surface area (Å²) in [4.78, 5) is 10.4. The predicted molar refractivity (Wildman–Crippen MR) is 99.5 cm³/mol. The Morgan fingerprint density at radius 1 is 1.03 bits per heavy atom. The van der Waals surface area contributed by atoms with E-state index in [1.165, 1.54) is 0 Å². The number of anilines is 1. The number of carbonyl (C=O) groups excluding carboxylic acids is 1. The molecule has 0 spiro atoms. The molecule has 1 heterocycles. The van der Waals surface area contributed by atoms with E-state index in [1.54, 1.807) is 37.3 Å². The smallest absolute Gasteiger partial charge is 0.322 e. The van der Waals surface area contributed by atoms with Gasteiger partial charge < -0.3 is 4.42 Å². The Kier molecular flexibility index (Phi) is 4.69. The summed E-state index contributed by atoms with van der Waals surface area (Å²) in [6, 6.07) is 10.1. The van der Waals surface area contributed by atoms with Crippen LogP contribution in [0.5, 0.6) is 0 Å². The van der Waals surface area contributed by atoms with Crippen LogP contribution in [0.15, 0.2) is 57.8 Å². The highest BCUT2D eigenvalue weighted by molar-refractivity contribution is 8.45. The summed E-state index contributed by atoms with van der Waals surface area (Å²) >= 11 is 0. The van der Waals surface area contributed by atoms with Gasteiger partial charge in [0.05, 0.1) is 0 Å². The molecule has 0 aliphatic rings. The standard InChI is InChI=1S/C18H16F5N3O2S/c1-2-6-13-11-14(9-10-15(13)29(19,20,21,22)23)16(27)24-18-26-25-17(28-18)12-7-4-3-5-8-12/h3-5,7-11H,2,6H2,1H3,(H,24,26,27). The maximum absolute atomic E-state index is 13.2. The van der Waals surface area contributed by atoms with Crippen molar-refractivity contribution in [3.05, 3.63) is 59.7 Å². The second kappa shape index (κ2) is 6.55. The number of hydrogen-bond acceptors (Lipinski definition) is 4. The fraction of sp³-hybridized carbons (Fsp3) is 0.167. The molecule has 1 amide bonds. The van der Waals surface area contributed by atoms with Crippen molar-refractivity contribution in [1.82, 2.24) is 10.2 Å². The fourth-order valence-electron chi connectivity index (χ4n) is 2.70. The lowest BCUT2D eigenvalue weighted by molar-refractivity contribution is 0.102. The van der Waals surface area contributed by atoms with Crippen LogP contribution < -0.4 is 5.32 Å². The third-order valence-electron chi connectivity index (χ3n) is 3.92. The van der Waals surface area contributed by atoms with Crippen molar-refractivity contribution in [1.29, 1.82) is 0 Å². The lowest BCUT2D eigenvalue weighted by Crippen LogP contribution is -2.15. The molecule has 156 valence electrons. The van der Waals surface area contributed by atoms with Crippen LogP contribution in [0.2, 0.25) is 0 Å². The summed E-state index contributed by atoms with van der Waals surface area (Å²) in [5, 5.41) is 9.68. The minimum atomic E-state index is -9.87. The van der Waals surface area contributed by atoms with E-state index in [9.17, 15) is 24.2 Å². The number of halogens is 5. The first-order valence-electron chi connectivity index (χ1n) is 8.44. The van der Waals surface area contributed by atoms with Crippen LogP contribution in [0, 0.1) is 0 Å². The summed E-state index contributed by atoms with van der Waals surface area (Å²) in [5.74, 6) is -0.733. The molecule has 0 radical (unpaired) electrons. The van der Waals surface area contributed by atoms with Crippen molar-refractivity contribution < 1.29 is 28.6 Å². The van der Waals surface area contributed by atoms with Gasteiger partial charge in [0.2, 0.25) is 5.89 Å². The Hall–Kier alpha value is -2.95. The molecular formula is C18H16F5N3O2S. The van der Waals surface area contributed by atoms with Gasteiger partial charge in [-0.15, -0.1) is 5.10 Å². The van der Waals surface area contributed by atoms with Crippen molar-refractivity contribution in [2.45, 2.75) is 24.7 Å². The Balaban J connectivity index is 1.87. The molecule has 1 aromatic heterocycles. The summed E-state index contributed by atoms with van der Waals surface area (Å²) in [7, 11) is -9.87. The summed E-state index contributed by atoms with van der Waals surface area (Å²) in [6.07, 6.45) is -0.0726. The Bertz CT molecular complexity index is 1050. The summed E-state index contributed by atoms with van der Waals surface area (Å²) in [6.45, 7) is 1.55. The average molecular weight is 433 g/mol. The normalized spacial score (nSPS) is 14.1. The van der Waals surface area contributed by atoms with Crippen molar-refractivity contribution in [3.63, 3.8) is 0 Å². The van der Waals surface area contributed by atoms with Gasteiger partial charge in [-0.25, -0.2) is 0 Å². The zero-order valence-electron chi connectivity index (χ0n) is 15.0. The van der Waals surface area contributed by atoms with Gasteiger partial charge in [-0.05, 0) is 42.3 Å². The monoisotopic (exact) mass is 433 g/mol. The number of amides is 1. The fourth-order valence-corrected chi connectivity index (χ4v) is 3.68. The Labute approximate surface area is 162 Å². The van der Waals surface area contributed by atoms with E-state index in [4.69, 9.17) is 4.42 Å². The Morgan fingerprint density at radius 3 is 2.34 bits per heavy atom. The molecule has 5 nitrogen and oxygen atoms in total. The third kappa shape index (κ3) is 4.91. The van der Waals surface area contributed by atoms with E-state index in [0.717, 1.165) is 6.07 Å². The van der Waals surface area contributed by atoms with Gasteiger partial charge in [0.25, 0.3) is 5.91 Å². The maximum atomic E-state index is 13.2. The predicted octanol–water partition coefficient (Wildman–Crippen LogP) is 6.60. The largest absolute Gasteiger partial charge is 0.403 e. The second-order valence-electron chi connectivity index (χ2n) is 6.27. The van der Waals surface area contributed by atoms with E-state index in [-0.39, 0.29) is 36.4 Å². The van der Waals surface area contributed by atoms with Gasteiger partial charge in [0, 0.05) is 11.1 Å². The molecule has 0 saturated carbocycles. The Morgan fingerprint density at radius 2 is 1.72 bits per heavy atom. The van der Waals surface area contributed by atoms with Gasteiger partial charge in [-0.3, -0.25) is 10.1 Å². The van der Waals surface area contributed by atoms with E-state index in [2.05, 4.69) is 15.5 Å². The highest BCUT2D eigenvalue weighted by Crippen LogP contribution is 3.02. The first-order chi connectivity index (χ1) is 13.4. The van der Waals surface area contributed by atoms with Crippen LogP contribution in [-0.4, -0.2) is 16.1 Å². The van der Waals surface area contributed by atoms with Crippen LogP contribution >= 0.6 is 10.2 Å². The van der Waals surface area contributed by atoms with Gasteiger partial charge in [-0.2, -0.15) is 0 Å². The highest BCUT2D eigenvalue weighted by Gasteiger charge is 2.66. The molecule has 0 atom stereocenters. The highest BCUT2D eigenvalue weighted by atomic mass is 32.5. The second-order valence-corrected chi connectivity index (χ2v) is 8.65. The van der Waals surface area contributed by atoms with Crippen molar-refractivity contribution in [3.8, 4) is 11.5 Å². The van der Waals surface area contributed by atoms with Crippen molar-refractivity contribution in [2.24, 2.45) is 0 Å². The first kappa shape index (κ1) is 20.8. The molecule has 0 aliphatic heterocycles. The molecule has 0 fully saturated rings. The maximum Gasteiger partial charge on any atom is 0.322 e. The third-order valence-corrected chi connectivity index (χ3v) is 5.15. The van der Waals surface area contributed by atoms with Gasteiger partial charge in [0.1, 0.15) is 4.90 Å². The van der Waals surface area contributed by atoms with Crippen molar-refractivity contribution >= 4 is 22.1 Å². The lowest BCUT2D eigenvalue weighted by Gasteiger charge is -2.42. The number of carbonyl (C=O) groups is 1. The quantitative estimate of drug-likeness (QED) is 0.445. The number of benzene rings is 2. The molecular weight excluding hydrogens is 417 g/mol. The molecule has 3 aromatic rings. The van der Waals surface area contributed by atoms with Crippen LogP contribution in [0.1, 0.15) is 29.3 Å². The van der Waals surface area contributed by atoms with Gasteiger partial charge in [0.15, 0.2) is 0 Å². The molecule has 29 heavy (non-hydrogen) atoms. The number of nitrogens with one attached hydrogen (secondary N) is 1. The summed E-state index contributed by atoms with van der Waals surface area (Å²) in [5.41, 5.74) is -0.278. The molecule has 0 saturated heterocycles. The topological polar surface area (TPSA) is 68.0 Å². The number of rotatable bonds is 6. The number of aromatic nitrogens is 2. The minimum absolute atomic E-state index is 0.129. The number of hydrogen-bond donors (Lipinski definition) is 1. The van der Waals surface area contributed by atoms with Crippen LogP contribution in [0.3, 0.4) is 0 Å². The van der Waals surface area contributed by atoms with Crippen LogP contribution in [0.25, 0.3) is 11.5 Å². The van der Waals surface area contributed by atoms with Crippen LogP contribution in [-0.2, 0) is 6.42 Å². The van der Waals surface area contributed by atoms with Gasteiger partial charge in [-0.1, -0.05) is 56.1 Å². The lowest BCUT2D eigenvalue weighted by atomic mass is 10.1.